The number of aliphatic carboxylic acids is 1. The average molecular weight is 1220 g/mol. The van der Waals surface area contributed by atoms with E-state index in [1.165, 1.54) is 28.9 Å². The van der Waals surface area contributed by atoms with Crippen LogP contribution in [0.25, 0.3) is 0 Å². The van der Waals surface area contributed by atoms with Crippen LogP contribution in [0.1, 0.15) is 80.7 Å². The summed E-state index contributed by atoms with van der Waals surface area (Å²) in [6.45, 7) is 3.02. The zero-order chi connectivity index (χ0) is 64.2. The second kappa shape index (κ2) is 32.5. The van der Waals surface area contributed by atoms with Gasteiger partial charge in [0.25, 0.3) is 0 Å². The number of benzene rings is 4. The number of phenols is 1. The maximum atomic E-state index is 14.6. The lowest BCUT2D eigenvalue weighted by atomic mass is 9.92. The molecule has 0 aliphatic carbocycles. The molecule has 0 aromatic heterocycles. The molecular formula is C62H79N11O15. The van der Waals surface area contributed by atoms with E-state index in [0.717, 1.165) is 0 Å². The molecule has 0 spiro atoms. The number of nitrogens with two attached hydrogens (primary N) is 2. The van der Waals surface area contributed by atoms with Gasteiger partial charge in [-0.25, -0.2) is 4.79 Å². The third-order valence-electron chi connectivity index (χ3n) is 15.2. The number of hydrogen-bond donors (Lipinski definition) is 13. The lowest BCUT2D eigenvalue weighted by Gasteiger charge is -2.38. The lowest BCUT2D eigenvalue weighted by molar-refractivity contribution is -0.147. The summed E-state index contributed by atoms with van der Waals surface area (Å²) in [6.07, 6.45) is -0.420. The summed E-state index contributed by atoms with van der Waals surface area (Å²) in [6, 6.07) is 16.5. The predicted octanol–water partition coefficient (Wildman–Crippen LogP) is -1.51. The molecule has 2 aliphatic heterocycles. The number of nitrogens with zero attached hydrogens (tertiary/aromatic N) is 2. The van der Waals surface area contributed by atoms with Crippen LogP contribution in [0, 0.1) is 5.92 Å². The molecule has 10 amide bonds. The molecule has 0 bridgehead atoms. The van der Waals surface area contributed by atoms with Gasteiger partial charge >= 0.3 is 5.97 Å². The average Bonchev–Trinajstić information content (AvgIpc) is 3.61. The number of carbonyl (C=O) groups excluding carboxylic acids is 10. The number of hydrogen-bond acceptors (Lipinski definition) is 15. The molecule has 2 heterocycles. The normalized spacial score (nSPS) is 17.2. The highest BCUT2D eigenvalue weighted by atomic mass is 16.4. The van der Waals surface area contributed by atoms with Crippen LogP contribution in [0.3, 0.4) is 0 Å². The molecule has 10 atom stereocenters. The Morgan fingerprint density at radius 3 is 1.59 bits per heavy atom. The van der Waals surface area contributed by atoms with E-state index in [4.69, 9.17) is 11.5 Å². The first kappa shape index (κ1) is 67.9. The van der Waals surface area contributed by atoms with Crippen molar-refractivity contribution in [2.75, 3.05) is 19.8 Å². The number of phenolic OH excluding ortho intramolecular Hbond substituents is 1. The Hall–Kier alpha value is -9.27. The molecule has 26 nitrogen and oxygen atoms in total. The molecule has 4 aromatic rings. The molecule has 1 saturated heterocycles. The molecule has 472 valence electrons. The Kier molecular flexibility index (Phi) is 25.0. The number of carbonyl (C=O) groups is 11. The molecular weight excluding hydrogens is 1140 g/mol. The summed E-state index contributed by atoms with van der Waals surface area (Å²) in [5.74, 6) is -9.97. The van der Waals surface area contributed by atoms with Crippen molar-refractivity contribution in [3.63, 3.8) is 0 Å². The van der Waals surface area contributed by atoms with Gasteiger partial charge in [-0.2, -0.15) is 0 Å². The maximum Gasteiger partial charge on any atom is 0.328 e. The van der Waals surface area contributed by atoms with Crippen LogP contribution in [-0.4, -0.2) is 175 Å². The first-order valence-corrected chi connectivity index (χ1v) is 29.1. The van der Waals surface area contributed by atoms with E-state index < -0.39 is 152 Å². The summed E-state index contributed by atoms with van der Waals surface area (Å²) in [5, 5.41) is 57.3. The smallest absolute Gasteiger partial charge is 0.328 e. The molecule has 1 fully saturated rings. The summed E-state index contributed by atoms with van der Waals surface area (Å²) < 4.78 is 0. The first-order chi connectivity index (χ1) is 42.0. The summed E-state index contributed by atoms with van der Waals surface area (Å²) in [5.41, 5.74) is 15.1. The quantitative estimate of drug-likeness (QED) is 0.0282. The van der Waals surface area contributed by atoms with Crippen LogP contribution in [0.4, 0.5) is 0 Å². The molecule has 0 saturated carbocycles. The fraction of sp³-hybridized carbons (Fsp3) is 0.435. The van der Waals surface area contributed by atoms with Gasteiger partial charge in [-0.3, -0.25) is 47.9 Å². The van der Waals surface area contributed by atoms with Crippen molar-refractivity contribution in [1.82, 2.24) is 47.0 Å². The van der Waals surface area contributed by atoms with Crippen molar-refractivity contribution < 1.29 is 73.2 Å². The van der Waals surface area contributed by atoms with Crippen molar-refractivity contribution >= 4 is 65.0 Å². The number of amides is 10. The highest BCUT2D eigenvalue weighted by molar-refractivity contribution is 5.99. The van der Waals surface area contributed by atoms with Gasteiger partial charge in [0.15, 0.2) is 0 Å². The van der Waals surface area contributed by atoms with E-state index in [2.05, 4.69) is 37.2 Å². The van der Waals surface area contributed by atoms with Gasteiger partial charge < -0.3 is 78.9 Å². The van der Waals surface area contributed by atoms with E-state index in [-0.39, 0.29) is 63.3 Å². The topological polar surface area (TPSA) is 411 Å². The Labute approximate surface area is 508 Å². The van der Waals surface area contributed by atoms with Gasteiger partial charge in [0.1, 0.15) is 60.1 Å². The lowest BCUT2D eigenvalue weighted by Crippen LogP contribution is -2.61. The van der Waals surface area contributed by atoms with Crippen molar-refractivity contribution in [2.24, 2.45) is 17.4 Å². The van der Waals surface area contributed by atoms with Crippen molar-refractivity contribution in [3.05, 3.63) is 137 Å². The molecule has 0 unspecified atom stereocenters. The maximum absolute atomic E-state index is 14.6. The van der Waals surface area contributed by atoms with Gasteiger partial charge in [-0.1, -0.05) is 111 Å². The van der Waals surface area contributed by atoms with Crippen LogP contribution in [0.15, 0.2) is 109 Å². The van der Waals surface area contributed by atoms with Crippen molar-refractivity contribution in [2.45, 2.75) is 146 Å². The summed E-state index contributed by atoms with van der Waals surface area (Å²) in [7, 11) is 0. The molecule has 6 rings (SSSR count). The second-order valence-corrected chi connectivity index (χ2v) is 22.4. The van der Waals surface area contributed by atoms with E-state index in [1.807, 2.05) is 13.8 Å². The van der Waals surface area contributed by atoms with E-state index in [0.29, 0.717) is 34.2 Å². The predicted molar refractivity (Wildman–Crippen MR) is 318 cm³/mol. The minimum Gasteiger partial charge on any atom is -0.508 e. The fourth-order valence-corrected chi connectivity index (χ4v) is 10.5. The van der Waals surface area contributed by atoms with Gasteiger partial charge in [0, 0.05) is 38.8 Å². The Morgan fingerprint density at radius 1 is 0.534 bits per heavy atom. The summed E-state index contributed by atoms with van der Waals surface area (Å²) >= 11 is 0. The third kappa shape index (κ3) is 19.4. The Bertz CT molecular complexity index is 3120. The highest BCUT2D eigenvalue weighted by Gasteiger charge is 2.42. The largest absolute Gasteiger partial charge is 0.508 e. The molecule has 26 heteroatoms. The Balaban J connectivity index is 1.14. The van der Waals surface area contributed by atoms with Crippen LogP contribution < -0.4 is 48.7 Å². The monoisotopic (exact) mass is 1220 g/mol. The second-order valence-electron chi connectivity index (χ2n) is 22.4. The van der Waals surface area contributed by atoms with E-state index in [9.17, 15) is 73.2 Å². The zero-order valence-corrected chi connectivity index (χ0v) is 49.3. The third-order valence-corrected chi connectivity index (χ3v) is 15.2. The number of aliphatic hydroxyl groups is 2. The van der Waals surface area contributed by atoms with Gasteiger partial charge in [0.05, 0.1) is 19.3 Å². The minimum atomic E-state index is -1.75. The number of nitrogens with one attached hydrogen (secondary N) is 7. The van der Waals surface area contributed by atoms with Crippen LogP contribution in [-0.2, 0) is 85.0 Å². The standard InChI is InChI=1S/C62H79N11O15/c1-35(2)27-47(69-56(81)46(30-38-15-8-5-9-16-38)67-53(78)43(63)28-39-20-22-42(76)23-21-39)61(86)72-26-12-19-50(72)58(83)70-48(33-74)57(82)66-44(24-25-52(64)77)54(79)68-45(29-37-13-6-4-7-14-37)55(80)65-36(3)60(85)73-32-41-18-11-10-17-40(41)31-51(73)59(84)71-49(34-75)62(87)88/h4-11,13-18,20-23,35-36,43-51,74-76H,12,19,24-34,63H2,1-3H3,(H2,64,77)(H,65,80)(H,66,82)(H,67,78)(H,68,79)(H,69,81)(H,70,83)(H,71,84)(H,87,88)/t36-,43-,44+,45+,46+,47+,48-,49+,50+,51+/m1/s1. The number of fused-ring (bicyclic) bond motifs is 1. The Morgan fingerprint density at radius 2 is 1.02 bits per heavy atom. The zero-order valence-electron chi connectivity index (χ0n) is 49.3. The van der Waals surface area contributed by atoms with Crippen LogP contribution in [0.2, 0.25) is 0 Å². The molecule has 15 N–H and O–H groups in total. The first-order valence-electron chi connectivity index (χ1n) is 29.1. The van der Waals surface area contributed by atoms with Crippen molar-refractivity contribution in [3.8, 4) is 5.75 Å². The van der Waals surface area contributed by atoms with E-state index in [1.54, 1.807) is 97.1 Å². The van der Waals surface area contributed by atoms with Crippen LogP contribution >= 0.6 is 0 Å². The molecule has 2 aliphatic rings. The number of rotatable bonds is 30. The number of aromatic hydroxyl groups is 1. The molecule has 0 radical (unpaired) electrons. The van der Waals surface area contributed by atoms with Crippen molar-refractivity contribution in [1.29, 1.82) is 0 Å². The van der Waals surface area contributed by atoms with Gasteiger partial charge in [0.2, 0.25) is 59.1 Å². The number of aliphatic hydroxyl groups excluding tert-OH is 2. The summed E-state index contributed by atoms with van der Waals surface area (Å²) in [4.78, 5) is 153. The van der Waals surface area contributed by atoms with Gasteiger partial charge in [-0.15, -0.1) is 0 Å². The number of likely N-dealkylation sites (tertiary alicyclic amines) is 1. The number of primary amides is 1. The SMILES string of the molecule is CC(C)C[C@H](NC(=O)[C@H](Cc1ccccc1)NC(=O)[C@H](N)Cc1ccc(O)cc1)C(=O)N1CCC[C@H]1C(=O)N[C@H](CO)C(=O)N[C@@H](CCC(N)=O)C(=O)N[C@@H](Cc1ccccc1)C(=O)N[C@H](C)C(=O)N1Cc2ccccc2C[C@H]1C(=O)N[C@@H](CO)C(=O)O. The molecule has 88 heavy (non-hydrogen) atoms. The van der Waals surface area contributed by atoms with E-state index >= 15 is 0 Å². The highest BCUT2D eigenvalue weighted by Crippen LogP contribution is 2.26. The van der Waals surface area contributed by atoms with Crippen LogP contribution in [0.5, 0.6) is 5.75 Å². The number of carboxylic acids is 1. The van der Waals surface area contributed by atoms with Gasteiger partial charge in [-0.05, 0) is 84.9 Å². The fourth-order valence-electron chi connectivity index (χ4n) is 10.5. The molecule has 4 aromatic carbocycles. The number of carboxylic acid groups (broad SMARTS) is 1. The minimum absolute atomic E-state index is 0.0245.